The van der Waals surface area contributed by atoms with Crippen LogP contribution in [0, 0.1) is 11.7 Å². The number of hydrogen-bond acceptors (Lipinski definition) is 5. The molecule has 172 valence electrons. The Morgan fingerprint density at radius 3 is 2.70 bits per heavy atom. The minimum absolute atomic E-state index is 0.174. The van der Waals surface area contributed by atoms with E-state index in [0.717, 1.165) is 6.42 Å². The van der Waals surface area contributed by atoms with E-state index >= 15 is 0 Å². The first-order chi connectivity index (χ1) is 15.9. The number of amides is 1. The quantitative estimate of drug-likeness (QED) is 0.392. The summed E-state index contributed by atoms with van der Waals surface area (Å²) < 4.78 is 17.5. The number of hydrogen-bond donors (Lipinski definition) is 1. The van der Waals surface area contributed by atoms with Crippen LogP contribution < -0.4 is 10.9 Å². The van der Waals surface area contributed by atoms with Crippen molar-refractivity contribution in [3.05, 3.63) is 69.8 Å². The van der Waals surface area contributed by atoms with Gasteiger partial charge in [0, 0.05) is 24.4 Å². The standard InChI is InChI=1S/C24H26FN5O2S/c1-4-11-29-22(32)18-10-9-16(21(31)26-13-15(2)3)12-20(18)30-23(29)27-28-24(30)33-14-17-7-5-6-8-19(17)25/h5-10,12,15H,4,11,13-14H2,1-3H3,(H,26,31). The highest BCUT2D eigenvalue weighted by atomic mass is 32.2. The van der Waals surface area contributed by atoms with Crippen LogP contribution in [0.4, 0.5) is 4.39 Å². The summed E-state index contributed by atoms with van der Waals surface area (Å²) in [6.07, 6.45) is 0.751. The van der Waals surface area contributed by atoms with Gasteiger partial charge in [0.1, 0.15) is 5.82 Å². The van der Waals surface area contributed by atoms with Gasteiger partial charge >= 0.3 is 0 Å². The van der Waals surface area contributed by atoms with Crippen LogP contribution in [0.25, 0.3) is 16.7 Å². The van der Waals surface area contributed by atoms with Crippen molar-refractivity contribution in [1.82, 2.24) is 24.5 Å². The van der Waals surface area contributed by atoms with Crippen molar-refractivity contribution in [3.8, 4) is 0 Å². The van der Waals surface area contributed by atoms with Gasteiger partial charge in [-0.1, -0.05) is 50.7 Å². The molecule has 2 aromatic heterocycles. The highest BCUT2D eigenvalue weighted by molar-refractivity contribution is 7.98. The molecule has 0 aliphatic heterocycles. The van der Waals surface area contributed by atoms with Gasteiger partial charge < -0.3 is 5.32 Å². The number of carbonyl (C=O) groups is 1. The summed E-state index contributed by atoms with van der Waals surface area (Å²) >= 11 is 1.33. The average Bonchev–Trinajstić information content (AvgIpc) is 3.23. The molecule has 0 fully saturated rings. The first-order valence-electron chi connectivity index (χ1n) is 11.0. The Labute approximate surface area is 195 Å². The molecule has 0 saturated heterocycles. The SMILES string of the molecule is CCCn1c(=O)c2ccc(C(=O)NCC(C)C)cc2n2c(SCc3ccccc3F)nnc12. The summed E-state index contributed by atoms with van der Waals surface area (Å²) in [6.45, 7) is 7.08. The zero-order valence-corrected chi connectivity index (χ0v) is 19.7. The van der Waals surface area contributed by atoms with Gasteiger partial charge in [-0.2, -0.15) is 0 Å². The molecule has 0 aliphatic carbocycles. The van der Waals surface area contributed by atoms with E-state index in [9.17, 15) is 14.0 Å². The predicted octanol–water partition coefficient (Wildman–Crippen LogP) is 4.27. The second-order valence-electron chi connectivity index (χ2n) is 8.29. The molecule has 0 unspecified atom stereocenters. The third-order valence-corrected chi connectivity index (χ3v) is 6.24. The van der Waals surface area contributed by atoms with Crippen LogP contribution >= 0.6 is 11.8 Å². The lowest BCUT2D eigenvalue weighted by atomic mass is 10.1. The molecule has 7 nitrogen and oxygen atoms in total. The normalized spacial score (nSPS) is 11.5. The van der Waals surface area contributed by atoms with E-state index in [4.69, 9.17) is 0 Å². The topological polar surface area (TPSA) is 81.3 Å². The molecule has 0 atom stereocenters. The summed E-state index contributed by atoms with van der Waals surface area (Å²) in [5, 5.41) is 12.5. The maximum atomic E-state index is 14.1. The Balaban J connectivity index is 1.84. The van der Waals surface area contributed by atoms with E-state index in [1.807, 2.05) is 20.8 Å². The van der Waals surface area contributed by atoms with Crippen LogP contribution in [-0.4, -0.2) is 31.6 Å². The average molecular weight is 468 g/mol. The zero-order chi connectivity index (χ0) is 23.5. The minimum Gasteiger partial charge on any atom is -0.352 e. The van der Waals surface area contributed by atoms with Crippen molar-refractivity contribution in [3.63, 3.8) is 0 Å². The van der Waals surface area contributed by atoms with Crippen molar-refractivity contribution >= 4 is 34.3 Å². The molecule has 4 rings (SSSR count). The molecule has 0 spiro atoms. The summed E-state index contributed by atoms with van der Waals surface area (Å²) in [5.41, 5.74) is 1.39. The Kier molecular flexibility index (Phi) is 6.78. The van der Waals surface area contributed by atoms with E-state index < -0.39 is 0 Å². The van der Waals surface area contributed by atoms with E-state index in [1.165, 1.54) is 17.8 Å². The number of aryl methyl sites for hydroxylation is 1. The van der Waals surface area contributed by atoms with Crippen LogP contribution in [0.5, 0.6) is 0 Å². The Hall–Kier alpha value is -3.20. The Morgan fingerprint density at radius 2 is 1.97 bits per heavy atom. The molecule has 2 aromatic carbocycles. The number of fused-ring (bicyclic) bond motifs is 3. The van der Waals surface area contributed by atoms with Crippen LogP contribution in [-0.2, 0) is 12.3 Å². The van der Waals surface area contributed by atoms with Gasteiger partial charge in [0.25, 0.3) is 11.5 Å². The predicted molar refractivity (Wildman–Crippen MR) is 128 cm³/mol. The molecule has 4 aromatic rings. The summed E-state index contributed by atoms with van der Waals surface area (Å²) in [5.74, 6) is 0.601. The van der Waals surface area contributed by atoms with E-state index in [0.29, 0.717) is 57.7 Å². The van der Waals surface area contributed by atoms with Gasteiger partial charge in [0.05, 0.1) is 10.9 Å². The van der Waals surface area contributed by atoms with Crippen molar-refractivity contribution in [1.29, 1.82) is 0 Å². The largest absolute Gasteiger partial charge is 0.352 e. The van der Waals surface area contributed by atoms with Gasteiger partial charge in [-0.15, -0.1) is 10.2 Å². The van der Waals surface area contributed by atoms with Crippen LogP contribution in [0.15, 0.2) is 52.4 Å². The molecule has 2 heterocycles. The van der Waals surface area contributed by atoms with Crippen LogP contribution in [0.3, 0.4) is 0 Å². The summed E-state index contributed by atoms with van der Waals surface area (Å²) in [7, 11) is 0. The molecule has 0 aliphatic rings. The Bertz CT molecular complexity index is 1380. The first-order valence-corrected chi connectivity index (χ1v) is 11.9. The number of carbonyl (C=O) groups excluding carboxylic acids is 1. The number of rotatable bonds is 8. The van der Waals surface area contributed by atoms with Crippen molar-refractivity contribution in [2.75, 3.05) is 6.54 Å². The number of aromatic nitrogens is 4. The maximum absolute atomic E-state index is 14.1. The Morgan fingerprint density at radius 1 is 1.18 bits per heavy atom. The van der Waals surface area contributed by atoms with Gasteiger partial charge in [-0.3, -0.25) is 18.6 Å². The van der Waals surface area contributed by atoms with Crippen molar-refractivity contribution < 1.29 is 9.18 Å². The van der Waals surface area contributed by atoms with Crippen LogP contribution in [0.1, 0.15) is 43.1 Å². The second kappa shape index (κ2) is 9.74. The molecular formula is C24H26FN5O2S. The molecule has 33 heavy (non-hydrogen) atoms. The maximum Gasteiger partial charge on any atom is 0.262 e. The molecule has 9 heteroatoms. The highest BCUT2D eigenvalue weighted by Crippen LogP contribution is 2.26. The summed E-state index contributed by atoms with van der Waals surface area (Å²) in [6, 6.07) is 11.6. The second-order valence-corrected chi connectivity index (χ2v) is 9.23. The minimum atomic E-state index is -0.282. The molecule has 1 amide bonds. The van der Waals surface area contributed by atoms with Gasteiger partial charge in [-0.25, -0.2) is 4.39 Å². The van der Waals surface area contributed by atoms with E-state index in [2.05, 4.69) is 15.5 Å². The summed E-state index contributed by atoms with van der Waals surface area (Å²) in [4.78, 5) is 25.9. The fourth-order valence-electron chi connectivity index (χ4n) is 3.60. The fraction of sp³-hybridized carbons (Fsp3) is 0.333. The third kappa shape index (κ3) is 4.64. The number of halogens is 1. The lowest BCUT2D eigenvalue weighted by molar-refractivity contribution is 0.0949. The van der Waals surface area contributed by atoms with Gasteiger partial charge in [-0.05, 0) is 42.2 Å². The van der Waals surface area contributed by atoms with Crippen LogP contribution in [0.2, 0.25) is 0 Å². The molecular weight excluding hydrogens is 441 g/mol. The molecule has 0 bridgehead atoms. The fourth-order valence-corrected chi connectivity index (χ4v) is 4.52. The molecule has 0 radical (unpaired) electrons. The highest BCUT2D eigenvalue weighted by Gasteiger charge is 2.19. The van der Waals surface area contributed by atoms with Crippen molar-refractivity contribution in [2.45, 2.75) is 44.6 Å². The van der Waals surface area contributed by atoms with E-state index in [-0.39, 0.29) is 17.3 Å². The number of thioether (sulfide) groups is 1. The molecule has 0 saturated carbocycles. The first kappa shape index (κ1) is 23.0. The van der Waals surface area contributed by atoms with Crippen molar-refractivity contribution in [2.24, 2.45) is 5.92 Å². The number of benzene rings is 2. The number of nitrogens with one attached hydrogen (secondary N) is 1. The van der Waals surface area contributed by atoms with E-state index in [1.54, 1.807) is 45.4 Å². The third-order valence-electron chi connectivity index (χ3n) is 5.27. The zero-order valence-electron chi connectivity index (χ0n) is 18.8. The van der Waals surface area contributed by atoms with Gasteiger partial charge in [0.2, 0.25) is 5.78 Å². The molecule has 1 N–H and O–H groups in total. The number of nitrogens with zero attached hydrogens (tertiary/aromatic N) is 4. The lowest BCUT2D eigenvalue weighted by Gasteiger charge is -2.12. The lowest BCUT2D eigenvalue weighted by Crippen LogP contribution is -2.28. The smallest absolute Gasteiger partial charge is 0.262 e. The monoisotopic (exact) mass is 467 g/mol. The van der Waals surface area contributed by atoms with Gasteiger partial charge in [0.15, 0.2) is 5.16 Å².